The number of aromatic nitrogens is 1. The van der Waals surface area contributed by atoms with Crippen molar-refractivity contribution in [3.05, 3.63) is 96.0 Å². The van der Waals surface area contributed by atoms with Gasteiger partial charge in [0.05, 0.1) is 12.1 Å². The second kappa shape index (κ2) is 16.4. The van der Waals surface area contributed by atoms with Crippen LogP contribution in [-0.2, 0) is 22.4 Å². The molecule has 6 atom stereocenters. The zero-order chi connectivity index (χ0) is 36.8. The molecule has 0 aliphatic carbocycles. The van der Waals surface area contributed by atoms with Crippen LogP contribution in [0.2, 0.25) is 0 Å². The van der Waals surface area contributed by atoms with Crippen LogP contribution in [0.25, 0.3) is 11.0 Å². The first kappa shape index (κ1) is 37.3. The third-order valence-corrected chi connectivity index (χ3v) is 9.82. The van der Waals surface area contributed by atoms with Gasteiger partial charge in [-0.25, -0.2) is 0 Å². The first-order chi connectivity index (χ1) is 24.9. The third-order valence-electron chi connectivity index (χ3n) is 9.82. The lowest BCUT2D eigenvalue weighted by atomic mass is 9.90. The van der Waals surface area contributed by atoms with Gasteiger partial charge in [0, 0.05) is 67.9 Å². The SMILES string of the molecule is CC(Cc1cc2cnccc2o1)N1CCN(C[C@@H](O)C[C@@H](Cc2ccccc2)C(=O)N[C@H]2c3ccccc3OC[C@H]2O)[C@H](C(=O)NCC(F)(F)F)C1. The lowest BCUT2D eigenvalue weighted by Crippen LogP contribution is -2.62. The maximum Gasteiger partial charge on any atom is 0.405 e. The number of aliphatic hydroxyl groups is 2. The number of piperazine rings is 1. The van der Waals surface area contributed by atoms with Crippen molar-refractivity contribution in [1.82, 2.24) is 25.4 Å². The Kier molecular flexibility index (Phi) is 11.8. The van der Waals surface area contributed by atoms with E-state index >= 15 is 0 Å². The minimum absolute atomic E-state index is 0.00603. The summed E-state index contributed by atoms with van der Waals surface area (Å²) in [6.07, 6.45) is -2.51. The van der Waals surface area contributed by atoms with Crippen LogP contribution in [0.15, 0.2) is 83.5 Å². The van der Waals surface area contributed by atoms with Crippen LogP contribution in [0.4, 0.5) is 13.2 Å². The molecule has 0 bridgehead atoms. The molecule has 1 saturated heterocycles. The second-order valence-electron chi connectivity index (χ2n) is 13.7. The third kappa shape index (κ3) is 9.48. The number of furan rings is 1. The molecule has 278 valence electrons. The van der Waals surface area contributed by atoms with E-state index in [0.29, 0.717) is 42.8 Å². The molecule has 0 saturated carbocycles. The average molecular weight is 724 g/mol. The molecule has 2 aromatic heterocycles. The summed E-state index contributed by atoms with van der Waals surface area (Å²) >= 11 is 0. The first-order valence-corrected chi connectivity index (χ1v) is 17.5. The molecule has 4 aromatic rings. The van der Waals surface area contributed by atoms with Crippen LogP contribution in [-0.4, -0.2) is 107 Å². The van der Waals surface area contributed by atoms with Crippen molar-refractivity contribution < 1.29 is 42.1 Å². The molecular formula is C38H44F3N5O6. The van der Waals surface area contributed by atoms with Crippen LogP contribution < -0.4 is 15.4 Å². The van der Waals surface area contributed by atoms with Crippen molar-refractivity contribution in [1.29, 1.82) is 0 Å². The fourth-order valence-electron chi connectivity index (χ4n) is 7.12. The fraction of sp³-hybridized carbons (Fsp3) is 0.447. The summed E-state index contributed by atoms with van der Waals surface area (Å²) in [7, 11) is 0. The molecule has 4 heterocycles. The molecule has 2 aliphatic rings. The molecule has 1 unspecified atom stereocenters. The Balaban J connectivity index is 1.15. The average Bonchev–Trinajstić information content (AvgIpc) is 3.54. The summed E-state index contributed by atoms with van der Waals surface area (Å²) in [6, 6.07) is 18.4. The molecule has 6 rings (SSSR count). The highest BCUT2D eigenvalue weighted by atomic mass is 19.4. The lowest BCUT2D eigenvalue weighted by Gasteiger charge is -2.43. The summed E-state index contributed by atoms with van der Waals surface area (Å²) in [5, 5.41) is 28.1. The van der Waals surface area contributed by atoms with Gasteiger partial charge in [0.1, 0.15) is 42.4 Å². The van der Waals surface area contributed by atoms with Crippen molar-refractivity contribution >= 4 is 22.8 Å². The smallest absolute Gasteiger partial charge is 0.405 e. The Labute approximate surface area is 299 Å². The quantitative estimate of drug-likeness (QED) is 0.163. The van der Waals surface area contributed by atoms with Gasteiger partial charge in [0.2, 0.25) is 11.8 Å². The summed E-state index contributed by atoms with van der Waals surface area (Å²) in [4.78, 5) is 35.1. The van der Waals surface area contributed by atoms with E-state index in [1.807, 2.05) is 53.5 Å². The molecule has 2 aromatic carbocycles. The molecule has 1 fully saturated rings. The number of aliphatic hydroxyl groups excluding tert-OH is 2. The topological polar surface area (TPSA) is 140 Å². The van der Waals surface area contributed by atoms with E-state index in [1.54, 1.807) is 47.6 Å². The number of β-amino-alcohol motifs (C(OH)–C–C–N with tert-alkyl or cyclic N) is 1. The monoisotopic (exact) mass is 723 g/mol. The largest absolute Gasteiger partial charge is 0.490 e. The number of ether oxygens (including phenoxy) is 1. The zero-order valence-corrected chi connectivity index (χ0v) is 28.8. The minimum Gasteiger partial charge on any atom is -0.490 e. The van der Waals surface area contributed by atoms with E-state index in [9.17, 15) is 33.0 Å². The van der Waals surface area contributed by atoms with Crippen LogP contribution in [0.5, 0.6) is 5.75 Å². The maximum atomic E-state index is 13.9. The number of carbonyl (C=O) groups excluding carboxylic acids is 2. The van der Waals surface area contributed by atoms with Gasteiger partial charge in [-0.2, -0.15) is 13.2 Å². The molecule has 14 heteroatoms. The number of alkyl halides is 3. The van der Waals surface area contributed by atoms with Gasteiger partial charge in [-0.1, -0.05) is 48.5 Å². The summed E-state index contributed by atoms with van der Waals surface area (Å²) in [5.41, 5.74) is 2.22. The number of fused-ring (bicyclic) bond motifs is 2. The van der Waals surface area contributed by atoms with Gasteiger partial charge in [-0.3, -0.25) is 24.4 Å². The molecular weight excluding hydrogens is 679 g/mol. The second-order valence-corrected chi connectivity index (χ2v) is 13.7. The lowest BCUT2D eigenvalue weighted by molar-refractivity contribution is -0.144. The van der Waals surface area contributed by atoms with E-state index < -0.39 is 48.8 Å². The number of amides is 2. The first-order valence-electron chi connectivity index (χ1n) is 17.5. The van der Waals surface area contributed by atoms with Crippen LogP contribution in [0, 0.1) is 5.92 Å². The maximum absolute atomic E-state index is 13.9. The number of hydrogen-bond donors (Lipinski definition) is 4. The van der Waals surface area contributed by atoms with Gasteiger partial charge in [0.25, 0.3) is 0 Å². The van der Waals surface area contributed by atoms with Gasteiger partial charge in [-0.05, 0) is 43.5 Å². The number of rotatable bonds is 13. The number of carbonyl (C=O) groups is 2. The van der Waals surface area contributed by atoms with Crippen LogP contribution in [0.3, 0.4) is 0 Å². The Morgan fingerprint density at radius 2 is 1.83 bits per heavy atom. The van der Waals surface area contributed by atoms with Crippen molar-refractivity contribution in [3.8, 4) is 5.75 Å². The molecule has 0 spiro atoms. The molecule has 4 N–H and O–H groups in total. The van der Waals surface area contributed by atoms with Crippen molar-refractivity contribution in [2.24, 2.45) is 5.92 Å². The van der Waals surface area contributed by atoms with Crippen LogP contribution >= 0.6 is 0 Å². The van der Waals surface area contributed by atoms with E-state index in [2.05, 4.69) is 10.3 Å². The molecule has 52 heavy (non-hydrogen) atoms. The van der Waals surface area contributed by atoms with Crippen molar-refractivity contribution in [2.75, 3.05) is 39.3 Å². The Bertz CT molecular complexity index is 1770. The predicted octanol–water partition coefficient (Wildman–Crippen LogP) is 3.64. The highest BCUT2D eigenvalue weighted by Crippen LogP contribution is 2.32. The number of nitrogens with one attached hydrogen (secondary N) is 2. The van der Waals surface area contributed by atoms with Crippen LogP contribution in [0.1, 0.15) is 36.3 Å². The van der Waals surface area contributed by atoms with Crippen molar-refractivity contribution in [3.63, 3.8) is 0 Å². The number of pyridine rings is 1. The summed E-state index contributed by atoms with van der Waals surface area (Å²) in [5.74, 6) is -0.593. The predicted molar refractivity (Wildman–Crippen MR) is 186 cm³/mol. The number of hydrogen-bond acceptors (Lipinski definition) is 9. The van der Waals surface area contributed by atoms with Gasteiger partial charge < -0.3 is 30.0 Å². The number of benzene rings is 2. The fourth-order valence-corrected chi connectivity index (χ4v) is 7.12. The molecule has 2 aliphatic heterocycles. The highest BCUT2D eigenvalue weighted by molar-refractivity contribution is 5.82. The minimum atomic E-state index is -4.59. The van der Waals surface area contributed by atoms with Crippen molar-refractivity contribution in [2.45, 2.75) is 62.7 Å². The number of nitrogens with zero attached hydrogens (tertiary/aromatic N) is 3. The van der Waals surface area contributed by atoms with E-state index in [-0.39, 0.29) is 38.1 Å². The number of halogens is 3. The van der Waals surface area contributed by atoms with E-state index in [4.69, 9.17) is 9.15 Å². The Hall–Kier alpha value is -4.50. The zero-order valence-electron chi connectivity index (χ0n) is 28.8. The molecule has 11 nitrogen and oxygen atoms in total. The summed E-state index contributed by atoms with van der Waals surface area (Å²) in [6.45, 7) is 1.40. The van der Waals surface area contributed by atoms with E-state index in [0.717, 1.165) is 16.7 Å². The van der Waals surface area contributed by atoms with Gasteiger partial charge in [-0.15, -0.1) is 0 Å². The Morgan fingerprint density at radius 1 is 1.06 bits per heavy atom. The normalized spacial score (nSPS) is 21.5. The highest BCUT2D eigenvalue weighted by Gasteiger charge is 2.38. The van der Waals surface area contributed by atoms with Gasteiger partial charge in [0.15, 0.2) is 0 Å². The standard InChI is InChI=1S/C38H44F3N5O6/c1-24(15-29-18-27-19-42-12-11-33(27)52-29)45-13-14-46(31(21-45)37(50)43-23-38(39,40)41)20-28(47)17-26(16-25-7-3-2-4-8-25)36(49)44-35-30-9-5-6-10-34(30)51-22-32(35)48/h2-12,18-19,24,26,28,31-32,35,47-48H,13-17,20-23H2,1H3,(H,43,50)(H,44,49)/t24?,26-,28+,31+,32-,35+/m1/s1. The van der Waals surface area contributed by atoms with Gasteiger partial charge >= 0.3 is 6.18 Å². The van der Waals surface area contributed by atoms with E-state index in [1.165, 1.54) is 0 Å². The molecule has 0 radical (unpaired) electrons. The number of para-hydroxylation sites is 1. The molecule has 2 amide bonds. The summed E-state index contributed by atoms with van der Waals surface area (Å²) < 4.78 is 51.0. The Morgan fingerprint density at radius 3 is 2.60 bits per heavy atom.